The molecule has 1 unspecified atom stereocenters. The zero-order chi connectivity index (χ0) is 23.7. The molecule has 0 saturated heterocycles. The Bertz CT molecular complexity index is 1380. The third-order valence-electron chi connectivity index (χ3n) is 6.21. The Hall–Kier alpha value is -3.45. The summed E-state index contributed by atoms with van der Waals surface area (Å²) in [6.07, 6.45) is 1.93. The number of carbonyl (C=O) groups is 2. The zero-order valence-corrected chi connectivity index (χ0v) is 20.5. The van der Waals surface area contributed by atoms with Crippen LogP contribution in [0.5, 0.6) is 0 Å². The Labute approximate surface area is 206 Å². The number of nitrogens with zero attached hydrogens (tertiary/aromatic N) is 3. The molecule has 1 atom stereocenters. The lowest BCUT2D eigenvalue weighted by molar-refractivity contribution is -0.119. The molecule has 0 spiro atoms. The minimum absolute atomic E-state index is 0.0158. The summed E-state index contributed by atoms with van der Waals surface area (Å²) in [4.78, 5) is 33.0. The lowest BCUT2D eigenvalue weighted by Crippen LogP contribution is -2.38. The summed E-state index contributed by atoms with van der Waals surface area (Å²) in [5.41, 5.74) is 4.42. The summed E-state index contributed by atoms with van der Waals surface area (Å²) < 4.78 is 2.77. The van der Waals surface area contributed by atoms with Gasteiger partial charge < -0.3 is 14.8 Å². The topological polar surface area (TPSA) is 67.2 Å². The molecule has 0 bridgehead atoms. The fourth-order valence-corrected chi connectivity index (χ4v) is 4.98. The highest BCUT2D eigenvalue weighted by atomic mass is 79.9. The highest BCUT2D eigenvalue weighted by molar-refractivity contribution is 9.10. The molecule has 1 N–H and O–H groups in total. The van der Waals surface area contributed by atoms with Gasteiger partial charge >= 0.3 is 0 Å². The molecule has 4 aromatic rings. The molecule has 6 nitrogen and oxygen atoms in total. The molecule has 5 rings (SSSR count). The van der Waals surface area contributed by atoms with E-state index in [9.17, 15) is 9.59 Å². The van der Waals surface area contributed by atoms with E-state index in [2.05, 4.69) is 27.3 Å². The molecule has 1 aliphatic rings. The number of para-hydroxylation sites is 3. The van der Waals surface area contributed by atoms with Crippen molar-refractivity contribution in [3.8, 4) is 0 Å². The van der Waals surface area contributed by atoms with Crippen molar-refractivity contribution in [1.82, 2.24) is 14.9 Å². The van der Waals surface area contributed by atoms with E-state index in [1.807, 2.05) is 71.0 Å². The van der Waals surface area contributed by atoms with Gasteiger partial charge in [-0.25, -0.2) is 4.98 Å². The van der Waals surface area contributed by atoms with Crippen molar-refractivity contribution in [2.45, 2.75) is 32.4 Å². The van der Waals surface area contributed by atoms with Gasteiger partial charge in [-0.15, -0.1) is 0 Å². The van der Waals surface area contributed by atoms with Gasteiger partial charge in [-0.2, -0.15) is 0 Å². The van der Waals surface area contributed by atoms with Gasteiger partial charge in [-0.1, -0.05) is 52.3 Å². The standard InChI is InChI=1S/C27H25BrN4O2/c1-18(29-27(34)20-9-6-11-21(28)16-20)26-30-22-12-3-5-14-24(22)32(26)17-25(33)31-15-7-10-19-8-2-4-13-23(19)31/h2-6,8-9,11-14,16,18H,7,10,15,17H2,1H3,(H,29,34). The van der Waals surface area contributed by atoms with Gasteiger partial charge in [-0.3, -0.25) is 9.59 Å². The van der Waals surface area contributed by atoms with Gasteiger partial charge in [0.2, 0.25) is 5.91 Å². The molecular weight excluding hydrogens is 492 g/mol. The molecule has 0 saturated carbocycles. The lowest BCUT2D eigenvalue weighted by Gasteiger charge is -2.30. The molecule has 1 aromatic heterocycles. The average Bonchev–Trinajstić information content (AvgIpc) is 3.22. The van der Waals surface area contributed by atoms with Crippen LogP contribution in [0.4, 0.5) is 5.69 Å². The average molecular weight is 517 g/mol. The number of nitrogens with one attached hydrogen (secondary N) is 1. The fraction of sp³-hybridized carbons (Fsp3) is 0.222. The van der Waals surface area contributed by atoms with E-state index in [-0.39, 0.29) is 24.4 Å². The van der Waals surface area contributed by atoms with E-state index >= 15 is 0 Å². The van der Waals surface area contributed by atoms with Gasteiger partial charge in [0.05, 0.1) is 17.1 Å². The molecular formula is C27H25BrN4O2. The molecule has 3 aromatic carbocycles. The molecule has 0 radical (unpaired) electrons. The summed E-state index contributed by atoms with van der Waals surface area (Å²) in [5.74, 6) is 0.481. The second kappa shape index (κ2) is 9.43. The molecule has 172 valence electrons. The Morgan fingerprint density at radius 2 is 1.85 bits per heavy atom. The van der Waals surface area contributed by atoms with Crippen LogP contribution in [0.1, 0.15) is 41.1 Å². The summed E-state index contributed by atoms with van der Waals surface area (Å²) >= 11 is 3.41. The zero-order valence-electron chi connectivity index (χ0n) is 18.9. The first kappa shape index (κ1) is 22.3. The third kappa shape index (κ3) is 4.35. The first-order valence-corrected chi connectivity index (χ1v) is 12.2. The highest BCUT2D eigenvalue weighted by Crippen LogP contribution is 2.28. The smallest absolute Gasteiger partial charge is 0.251 e. The van der Waals surface area contributed by atoms with Crippen LogP contribution in [0.3, 0.4) is 0 Å². The molecule has 2 heterocycles. The maximum Gasteiger partial charge on any atom is 0.251 e. The van der Waals surface area contributed by atoms with Gasteiger partial charge in [0.1, 0.15) is 12.4 Å². The number of anilines is 1. The van der Waals surface area contributed by atoms with E-state index in [1.54, 1.807) is 12.1 Å². The van der Waals surface area contributed by atoms with E-state index in [0.717, 1.165) is 34.0 Å². The summed E-state index contributed by atoms with van der Waals surface area (Å²) in [5, 5.41) is 3.04. The Balaban J connectivity index is 1.45. The number of rotatable bonds is 5. The second-order valence-corrected chi connectivity index (χ2v) is 9.44. The number of halogens is 1. The normalized spacial score (nSPS) is 14.0. The van der Waals surface area contributed by atoms with Crippen molar-refractivity contribution in [2.24, 2.45) is 0 Å². The van der Waals surface area contributed by atoms with Crippen LogP contribution in [0, 0.1) is 0 Å². The number of carbonyl (C=O) groups excluding carboxylic acids is 2. The number of imidazole rings is 1. The first-order chi connectivity index (χ1) is 16.5. The quantitative estimate of drug-likeness (QED) is 0.392. The maximum absolute atomic E-state index is 13.5. The number of amides is 2. The van der Waals surface area contributed by atoms with Crippen LogP contribution in [-0.4, -0.2) is 27.9 Å². The van der Waals surface area contributed by atoms with E-state index in [1.165, 1.54) is 5.56 Å². The number of aromatic nitrogens is 2. The third-order valence-corrected chi connectivity index (χ3v) is 6.70. The van der Waals surface area contributed by atoms with Crippen molar-refractivity contribution >= 4 is 44.5 Å². The van der Waals surface area contributed by atoms with Gasteiger partial charge in [0.15, 0.2) is 0 Å². The van der Waals surface area contributed by atoms with Gasteiger partial charge in [-0.05, 0) is 61.7 Å². The lowest BCUT2D eigenvalue weighted by atomic mass is 10.0. The summed E-state index contributed by atoms with van der Waals surface area (Å²) in [6, 6.07) is 22.7. The van der Waals surface area contributed by atoms with Crippen molar-refractivity contribution in [2.75, 3.05) is 11.4 Å². The monoisotopic (exact) mass is 516 g/mol. The SMILES string of the molecule is CC(NC(=O)c1cccc(Br)c1)c1nc2ccccc2n1CC(=O)N1CCCc2ccccc21. The predicted molar refractivity (Wildman–Crippen MR) is 137 cm³/mol. The largest absolute Gasteiger partial charge is 0.342 e. The van der Waals surface area contributed by atoms with Gasteiger partial charge in [0.25, 0.3) is 5.91 Å². The van der Waals surface area contributed by atoms with Crippen molar-refractivity contribution < 1.29 is 9.59 Å². The number of aryl methyl sites for hydroxylation is 1. The van der Waals surface area contributed by atoms with Crippen molar-refractivity contribution in [1.29, 1.82) is 0 Å². The molecule has 2 amide bonds. The van der Waals surface area contributed by atoms with Crippen molar-refractivity contribution in [3.05, 3.63) is 94.2 Å². The maximum atomic E-state index is 13.5. The van der Waals surface area contributed by atoms with Crippen molar-refractivity contribution in [3.63, 3.8) is 0 Å². The molecule has 0 fully saturated rings. The summed E-state index contributed by atoms with van der Waals surface area (Å²) in [6.45, 7) is 2.75. The molecule has 1 aliphatic heterocycles. The van der Waals surface area contributed by atoms with Crippen LogP contribution in [0.2, 0.25) is 0 Å². The first-order valence-electron chi connectivity index (χ1n) is 11.4. The summed E-state index contributed by atoms with van der Waals surface area (Å²) in [7, 11) is 0. The van der Waals surface area contributed by atoms with E-state index < -0.39 is 0 Å². The number of hydrogen-bond acceptors (Lipinski definition) is 3. The van der Waals surface area contributed by atoms with Crippen LogP contribution >= 0.6 is 15.9 Å². The predicted octanol–water partition coefficient (Wildman–Crippen LogP) is 5.27. The molecule has 0 aliphatic carbocycles. The Morgan fingerprint density at radius 3 is 2.71 bits per heavy atom. The van der Waals surface area contributed by atoms with Gasteiger partial charge in [0, 0.05) is 22.3 Å². The molecule has 34 heavy (non-hydrogen) atoms. The number of fused-ring (bicyclic) bond motifs is 2. The minimum atomic E-state index is -0.389. The van der Waals surface area contributed by atoms with E-state index in [4.69, 9.17) is 4.98 Å². The number of hydrogen-bond donors (Lipinski definition) is 1. The molecule has 7 heteroatoms. The highest BCUT2D eigenvalue weighted by Gasteiger charge is 2.25. The van der Waals surface area contributed by atoms with Crippen LogP contribution in [0.25, 0.3) is 11.0 Å². The van der Waals surface area contributed by atoms with E-state index in [0.29, 0.717) is 17.9 Å². The van der Waals surface area contributed by atoms with Crippen LogP contribution < -0.4 is 10.2 Å². The van der Waals surface area contributed by atoms with Crippen LogP contribution in [-0.2, 0) is 17.8 Å². The second-order valence-electron chi connectivity index (χ2n) is 8.53. The van der Waals surface area contributed by atoms with Crippen LogP contribution in [0.15, 0.2) is 77.3 Å². The Morgan fingerprint density at radius 1 is 1.06 bits per heavy atom. The fourth-order valence-electron chi connectivity index (χ4n) is 4.58. The minimum Gasteiger partial charge on any atom is -0.342 e. The number of benzene rings is 3. The Kier molecular flexibility index (Phi) is 6.20.